The van der Waals surface area contributed by atoms with Gasteiger partial charge in [-0.25, -0.2) is 9.07 Å². The minimum absolute atomic E-state index is 0.183. The highest BCUT2D eigenvalue weighted by atomic mass is 19.1. The Balaban J connectivity index is 2.06. The molecule has 1 heterocycles. The number of rotatable bonds is 5. The summed E-state index contributed by atoms with van der Waals surface area (Å²) in [6, 6.07) is 6.16. The summed E-state index contributed by atoms with van der Waals surface area (Å²) < 4.78 is 14.6. The van der Waals surface area contributed by atoms with Gasteiger partial charge in [0.15, 0.2) is 5.69 Å². The number of likely N-dealkylation sites (N-methyl/N-ethyl adjacent to an activating group) is 1. The topological polar surface area (TPSA) is 71.2 Å². The lowest BCUT2D eigenvalue weighted by atomic mass is 10.1. The zero-order valence-corrected chi connectivity index (χ0v) is 12.8. The monoisotopic (exact) mass is 306 g/mol. The molecule has 1 N–H and O–H groups in total. The Hall–Kier alpha value is -2.28. The van der Waals surface area contributed by atoms with E-state index >= 15 is 0 Å². The Morgan fingerprint density at radius 1 is 1.45 bits per heavy atom. The number of carbonyl (C=O) groups excluding carboxylic acids is 1. The van der Waals surface area contributed by atoms with E-state index in [1.807, 2.05) is 0 Å². The zero-order chi connectivity index (χ0) is 16.3. The van der Waals surface area contributed by atoms with Crippen LogP contribution in [-0.2, 0) is 6.54 Å². The largest absolute Gasteiger partial charge is 0.389 e. The second kappa shape index (κ2) is 6.23. The van der Waals surface area contributed by atoms with Crippen LogP contribution in [0, 0.1) is 5.82 Å². The van der Waals surface area contributed by atoms with E-state index < -0.39 is 5.60 Å². The Morgan fingerprint density at radius 2 is 2.18 bits per heavy atom. The molecule has 1 aromatic heterocycles. The van der Waals surface area contributed by atoms with Crippen LogP contribution < -0.4 is 0 Å². The van der Waals surface area contributed by atoms with Crippen molar-refractivity contribution in [3.05, 3.63) is 47.5 Å². The molecule has 0 saturated carbocycles. The van der Waals surface area contributed by atoms with Gasteiger partial charge in [-0.2, -0.15) is 0 Å². The van der Waals surface area contributed by atoms with Gasteiger partial charge in [-0.3, -0.25) is 4.79 Å². The average Bonchev–Trinajstić information content (AvgIpc) is 2.84. The second-order valence-corrected chi connectivity index (χ2v) is 5.90. The van der Waals surface area contributed by atoms with E-state index in [9.17, 15) is 14.3 Å². The van der Waals surface area contributed by atoms with Gasteiger partial charge in [0.05, 0.1) is 18.3 Å². The molecule has 0 saturated heterocycles. The Kier molecular flexibility index (Phi) is 4.56. The molecule has 0 spiro atoms. The van der Waals surface area contributed by atoms with E-state index in [2.05, 4.69) is 10.3 Å². The zero-order valence-electron chi connectivity index (χ0n) is 12.8. The molecule has 0 bridgehead atoms. The Labute approximate surface area is 128 Å². The van der Waals surface area contributed by atoms with E-state index in [4.69, 9.17) is 0 Å². The highest BCUT2D eigenvalue weighted by molar-refractivity contribution is 5.91. The number of carbonyl (C=O) groups is 1. The maximum Gasteiger partial charge on any atom is 0.275 e. The van der Waals surface area contributed by atoms with Crippen molar-refractivity contribution in [1.29, 1.82) is 0 Å². The molecule has 2 aromatic rings. The molecule has 1 aromatic carbocycles. The number of nitrogens with zero attached hydrogens (tertiary/aromatic N) is 4. The first-order chi connectivity index (χ1) is 10.2. The van der Waals surface area contributed by atoms with Gasteiger partial charge >= 0.3 is 0 Å². The van der Waals surface area contributed by atoms with Crippen LogP contribution in [0.5, 0.6) is 0 Å². The van der Waals surface area contributed by atoms with Gasteiger partial charge in [0.1, 0.15) is 5.82 Å². The fourth-order valence-corrected chi connectivity index (χ4v) is 2.14. The minimum Gasteiger partial charge on any atom is -0.389 e. The number of hydrogen-bond donors (Lipinski definition) is 1. The van der Waals surface area contributed by atoms with Crippen LogP contribution in [0.4, 0.5) is 4.39 Å². The summed E-state index contributed by atoms with van der Waals surface area (Å²) in [4.78, 5) is 13.6. The van der Waals surface area contributed by atoms with Gasteiger partial charge in [-0.15, -0.1) is 5.10 Å². The first-order valence-corrected chi connectivity index (χ1v) is 6.87. The Morgan fingerprint density at radius 3 is 2.82 bits per heavy atom. The number of aliphatic hydroxyl groups is 1. The van der Waals surface area contributed by atoms with Crippen LogP contribution in [-0.4, -0.2) is 50.1 Å². The maximum absolute atomic E-state index is 13.1. The molecule has 7 heteroatoms. The lowest BCUT2D eigenvalue weighted by Gasteiger charge is -2.24. The van der Waals surface area contributed by atoms with Crippen molar-refractivity contribution in [2.24, 2.45) is 0 Å². The predicted molar refractivity (Wildman–Crippen MR) is 78.8 cm³/mol. The predicted octanol–water partition coefficient (Wildman–Crippen LogP) is 1.31. The summed E-state index contributed by atoms with van der Waals surface area (Å²) in [5.41, 5.74) is -0.0704. The summed E-state index contributed by atoms with van der Waals surface area (Å²) in [7, 11) is 1.59. The van der Waals surface area contributed by atoms with Gasteiger partial charge < -0.3 is 10.0 Å². The third-order valence-corrected chi connectivity index (χ3v) is 2.96. The summed E-state index contributed by atoms with van der Waals surface area (Å²) in [6.07, 6.45) is 1.51. The summed E-state index contributed by atoms with van der Waals surface area (Å²) in [5, 5.41) is 17.4. The van der Waals surface area contributed by atoms with E-state index in [0.717, 1.165) is 5.56 Å². The molecule has 0 aliphatic carbocycles. The number of amides is 1. The minimum atomic E-state index is -0.984. The Bertz CT molecular complexity index is 664. The SMILES string of the molecule is CN(CC(C)(C)O)C(=O)c1cn(Cc2cccc(F)c2)nn1. The molecule has 2 rings (SSSR count). The highest BCUT2D eigenvalue weighted by Crippen LogP contribution is 2.08. The number of halogens is 1. The van der Waals surface area contributed by atoms with E-state index in [1.54, 1.807) is 33.0 Å². The van der Waals surface area contributed by atoms with Crippen molar-refractivity contribution >= 4 is 5.91 Å². The highest BCUT2D eigenvalue weighted by Gasteiger charge is 2.22. The van der Waals surface area contributed by atoms with Crippen molar-refractivity contribution in [3.63, 3.8) is 0 Å². The van der Waals surface area contributed by atoms with Crippen LogP contribution in [0.15, 0.2) is 30.5 Å². The molecular weight excluding hydrogens is 287 g/mol. The molecule has 0 unspecified atom stereocenters. The van der Waals surface area contributed by atoms with Gasteiger partial charge in [-0.05, 0) is 31.5 Å². The third kappa shape index (κ3) is 4.36. The van der Waals surface area contributed by atoms with Gasteiger partial charge in [0.2, 0.25) is 0 Å². The number of hydrogen-bond acceptors (Lipinski definition) is 4. The van der Waals surface area contributed by atoms with E-state index in [1.165, 1.54) is 27.9 Å². The second-order valence-electron chi connectivity index (χ2n) is 5.90. The lowest BCUT2D eigenvalue weighted by Crippen LogP contribution is -2.39. The van der Waals surface area contributed by atoms with Crippen molar-refractivity contribution in [3.8, 4) is 0 Å². The molecule has 6 nitrogen and oxygen atoms in total. The fourth-order valence-electron chi connectivity index (χ4n) is 2.14. The quantitative estimate of drug-likeness (QED) is 0.904. The van der Waals surface area contributed by atoms with Gasteiger partial charge in [0.25, 0.3) is 5.91 Å². The molecule has 0 atom stereocenters. The number of aromatic nitrogens is 3. The maximum atomic E-state index is 13.1. The lowest BCUT2D eigenvalue weighted by molar-refractivity contribution is 0.0365. The smallest absolute Gasteiger partial charge is 0.275 e. The molecule has 0 fully saturated rings. The molecule has 0 radical (unpaired) electrons. The van der Waals surface area contributed by atoms with E-state index in [0.29, 0.717) is 6.54 Å². The normalized spacial score (nSPS) is 11.5. The van der Waals surface area contributed by atoms with Crippen LogP contribution in [0.1, 0.15) is 29.9 Å². The van der Waals surface area contributed by atoms with Crippen LogP contribution >= 0.6 is 0 Å². The first kappa shape index (κ1) is 16.1. The fraction of sp³-hybridized carbons (Fsp3) is 0.400. The van der Waals surface area contributed by atoms with Crippen LogP contribution in [0.3, 0.4) is 0 Å². The van der Waals surface area contributed by atoms with Crippen molar-refractivity contribution in [2.75, 3.05) is 13.6 Å². The van der Waals surface area contributed by atoms with Crippen molar-refractivity contribution < 1.29 is 14.3 Å². The van der Waals surface area contributed by atoms with Gasteiger partial charge in [-0.1, -0.05) is 17.3 Å². The van der Waals surface area contributed by atoms with Gasteiger partial charge in [0, 0.05) is 13.6 Å². The standard InChI is InChI=1S/C15H19FN4O2/c1-15(2,22)10-19(3)14(21)13-9-20(18-17-13)8-11-5-4-6-12(16)7-11/h4-7,9,22H,8,10H2,1-3H3. The average molecular weight is 306 g/mol. The molecule has 0 aliphatic heterocycles. The summed E-state index contributed by atoms with van der Waals surface area (Å²) in [6.45, 7) is 3.75. The van der Waals surface area contributed by atoms with Crippen LogP contribution in [0.2, 0.25) is 0 Å². The molecule has 22 heavy (non-hydrogen) atoms. The molecule has 118 valence electrons. The molecular formula is C15H19FN4O2. The number of benzene rings is 1. The van der Waals surface area contributed by atoms with Crippen LogP contribution in [0.25, 0.3) is 0 Å². The summed E-state index contributed by atoms with van der Waals surface area (Å²) in [5.74, 6) is -0.647. The third-order valence-electron chi connectivity index (χ3n) is 2.96. The molecule has 1 amide bonds. The van der Waals surface area contributed by atoms with Crippen molar-refractivity contribution in [2.45, 2.75) is 26.0 Å². The first-order valence-electron chi connectivity index (χ1n) is 6.87. The van der Waals surface area contributed by atoms with E-state index in [-0.39, 0.29) is 24.0 Å². The molecule has 0 aliphatic rings. The summed E-state index contributed by atoms with van der Waals surface area (Å²) >= 11 is 0. The van der Waals surface area contributed by atoms with Crippen molar-refractivity contribution in [1.82, 2.24) is 19.9 Å².